The fraction of sp³-hybridized carbons (Fsp3) is 0.500. The number of ether oxygens (including phenoxy) is 2. The summed E-state index contributed by atoms with van der Waals surface area (Å²) in [6, 6.07) is 5.78. The maximum Gasteiger partial charge on any atom is 0.175 e. The largest absolute Gasteiger partial charge is 0.493 e. The summed E-state index contributed by atoms with van der Waals surface area (Å²) in [6.45, 7) is 2.85. The molecule has 0 bridgehead atoms. The van der Waals surface area contributed by atoms with Gasteiger partial charge in [0.05, 0.1) is 18.2 Å². The Kier molecular flexibility index (Phi) is 6.21. The highest BCUT2D eigenvalue weighted by Crippen LogP contribution is 2.35. The van der Waals surface area contributed by atoms with Crippen LogP contribution < -0.4 is 9.47 Å². The molecule has 1 aromatic carbocycles. The average molecular weight is 352 g/mol. The maximum atomic E-state index is 5.80. The third-order valence-electron chi connectivity index (χ3n) is 2.41. The number of benzene rings is 1. The molecule has 90 valence electrons. The standard InChI is InChI=1S/C12H16Br2O2/c1-3-9(7-13)8-16-12-10(14)5-4-6-11(12)15-2/h4-6,9H,3,7-8H2,1-2H3. The Morgan fingerprint density at radius 1 is 1.38 bits per heavy atom. The molecule has 0 amide bonds. The minimum Gasteiger partial charge on any atom is -0.493 e. The van der Waals surface area contributed by atoms with Gasteiger partial charge in [0.25, 0.3) is 0 Å². The zero-order chi connectivity index (χ0) is 12.0. The van der Waals surface area contributed by atoms with Crippen LogP contribution in [0.5, 0.6) is 11.5 Å². The Labute approximate surface area is 114 Å². The summed E-state index contributed by atoms with van der Waals surface area (Å²) in [5.74, 6) is 2.07. The molecule has 0 aliphatic heterocycles. The van der Waals surface area contributed by atoms with Crippen molar-refractivity contribution in [1.29, 1.82) is 0 Å². The lowest BCUT2D eigenvalue weighted by molar-refractivity contribution is 0.246. The van der Waals surface area contributed by atoms with Gasteiger partial charge in [-0.2, -0.15) is 0 Å². The second-order valence-electron chi connectivity index (χ2n) is 3.51. The van der Waals surface area contributed by atoms with E-state index in [1.54, 1.807) is 7.11 Å². The van der Waals surface area contributed by atoms with Crippen LogP contribution in [0.25, 0.3) is 0 Å². The van der Waals surface area contributed by atoms with Crippen molar-refractivity contribution >= 4 is 31.9 Å². The number of para-hydroxylation sites is 1. The molecule has 0 aliphatic carbocycles. The topological polar surface area (TPSA) is 18.5 Å². The number of methoxy groups -OCH3 is 1. The summed E-state index contributed by atoms with van der Waals surface area (Å²) in [7, 11) is 1.65. The predicted molar refractivity (Wildman–Crippen MR) is 73.8 cm³/mol. The van der Waals surface area contributed by atoms with Crippen LogP contribution in [-0.4, -0.2) is 19.0 Å². The second kappa shape index (κ2) is 7.17. The fourth-order valence-corrected chi connectivity index (χ4v) is 2.37. The van der Waals surface area contributed by atoms with Crippen molar-refractivity contribution in [3.05, 3.63) is 22.7 Å². The first-order valence-electron chi connectivity index (χ1n) is 5.24. The molecule has 0 saturated heterocycles. The smallest absolute Gasteiger partial charge is 0.175 e. The molecular formula is C12H16Br2O2. The maximum absolute atomic E-state index is 5.80. The summed E-state index contributed by atoms with van der Waals surface area (Å²) in [5, 5.41) is 0.955. The van der Waals surface area contributed by atoms with Crippen molar-refractivity contribution in [2.75, 3.05) is 19.0 Å². The van der Waals surface area contributed by atoms with Crippen molar-refractivity contribution in [1.82, 2.24) is 0 Å². The van der Waals surface area contributed by atoms with Crippen LogP contribution in [-0.2, 0) is 0 Å². The van der Waals surface area contributed by atoms with Gasteiger partial charge in [-0.15, -0.1) is 0 Å². The lowest BCUT2D eigenvalue weighted by Crippen LogP contribution is -2.13. The normalized spacial score (nSPS) is 12.2. The number of hydrogen-bond acceptors (Lipinski definition) is 2. The SMILES string of the molecule is CCC(CBr)COc1c(Br)cccc1OC. The van der Waals surface area contributed by atoms with Crippen molar-refractivity contribution in [3.8, 4) is 11.5 Å². The van der Waals surface area contributed by atoms with E-state index in [1.165, 1.54) is 0 Å². The molecule has 16 heavy (non-hydrogen) atoms. The van der Waals surface area contributed by atoms with Gasteiger partial charge in [0.2, 0.25) is 0 Å². The van der Waals surface area contributed by atoms with Gasteiger partial charge in [-0.25, -0.2) is 0 Å². The molecule has 0 saturated carbocycles. The van der Waals surface area contributed by atoms with Crippen molar-refractivity contribution in [2.45, 2.75) is 13.3 Å². The quantitative estimate of drug-likeness (QED) is 0.713. The van der Waals surface area contributed by atoms with Gasteiger partial charge in [-0.05, 0) is 34.5 Å². The molecule has 1 unspecified atom stereocenters. The molecule has 0 spiro atoms. The van der Waals surface area contributed by atoms with Gasteiger partial charge in [-0.1, -0.05) is 28.9 Å². The first-order chi connectivity index (χ1) is 7.72. The molecule has 1 aromatic rings. The summed E-state index contributed by atoms with van der Waals surface area (Å²) in [6.07, 6.45) is 1.10. The zero-order valence-corrected chi connectivity index (χ0v) is 12.7. The summed E-state index contributed by atoms with van der Waals surface area (Å²) >= 11 is 6.95. The second-order valence-corrected chi connectivity index (χ2v) is 5.01. The molecule has 1 rings (SSSR count). The van der Waals surface area contributed by atoms with Gasteiger partial charge in [0.15, 0.2) is 11.5 Å². The van der Waals surface area contributed by atoms with Crippen LogP contribution in [0, 0.1) is 5.92 Å². The highest BCUT2D eigenvalue weighted by Gasteiger charge is 2.11. The predicted octanol–water partition coefficient (Wildman–Crippen LogP) is 4.26. The molecule has 0 heterocycles. The van der Waals surface area contributed by atoms with Gasteiger partial charge in [-0.3, -0.25) is 0 Å². The minimum absolute atomic E-state index is 0.525. The summed E-state index contributed by atoms with van der Waals surface area (Å²) in [5.41, 5.74) is 0. The van der Waals surface area contributed by atoms with E-state index < -0.39 is 0 Å². The van der Waals surface area contributed by atoms with Crippen molar-refractivity contribution in [3.63, 3.8) is 0 Å². The van der Waals surface area contributed by atoms with Gasteiger partial charge < -0.3 is 9.47 Å². The fourth-order valence-electron chi connectivity index (χ4n) is 1.26. The van der Waals surface area contributed by atoms with E-state index in [0.29, 0.717) is 12.5 Å². The average Bonchev–Trinajstić information content (AvgIpc) is 2.31. The van der Waals surface area contributed by atoms with Crippen LogP contribution in [0.2, 0.25) is 0 Å². The van der Waals surface area contributed by atoms with Gasteiger partial charge in [0, 0.05) is 11.2 Å². The number of rotatable bonds is 6. The van der Waals surface area contributed by atoms with E-state index in [0.717, 1.165) is 27.7 Å². The van der Waals surface area contributed by atoms with Crippen LogP contribution >= 0.6 is 31.9 Å². The zero-order valence-electron chi connectivity index (χ0n) is 9.50. The van der Waals surface area contributed by atoms with E-state index in [1.807, 2.05) is 18.2 Å². The van der Waals surface area contributed by atoms with E-state index in [9.17, 15) is 0 Å². The highest BCUT2D eigenvalue weighted by atomic mass is 79.9. The number of hydrogen-bond donors (Lipinski definition) is 0. The molecule has 0 radical (unpaired) electrons. The molecular weight excluding hydrogens is 336 g/mol. The van der Waals surface area contributed by atoms with Crippen LogP contribution in [0.4, 0.5) is 0 Å². The third-order valence-corrected chi connectivity index (χ3v) is 3.95. The number of halogens is 2. The molecule has 0 aromatic heterocycles. The lowest BCUT2D eigenvalue weighted by atomic mass is 10.1. The van der Waals surface area contributed by atoms with Crippen LogP contribution in [0.1, 0.15) is 13.3 Å². The van der Waals surface area contributed by atoms with Gasteiger partial charge >= 0.3 is 0 Å². The van der Waals surface area contributed by atoms with E-state index in [2.05, 4.69) is 38.8 Å². The first kappa shape index (κ1) is 13.8. The van der Waals surface area contributed by atoms with Gasteiger partial charge in [0.1, 0.15) is 0 Å². The highest BCUT2D eigenvalue weighted by molar-refractivity contribution is 9.10. The Bertz CT molecular complexity index is 325. The molecule has 0 aliphatic rings. The lowest BCUT2D eigenvalue weighted by Gasteiger charge is -2.16. The summed E-state index contributed by atoms with van der Waals surface area (Å²) < 4.78 is 12.0. The molecule has 4 heteroatoms. The van der Waals surface area contributed by atoms with Crippen LogP contribution in [0.3, 0.4) is 0 Å². The van der Waals surface area contributed by atoms with Crippen molar-refractivity contribution in [2.24, 2.45) is 5.92 Å². The molecule has 1 atom stereocenters. The van der Waals surface area contributed by atoms with E-state index in [-0.39, 0.29) is 0 Å². The van der Waals surface area contributed by atoms with Crippen LogP contribution in [0.15, 0.2) is 22.7 Å². The number of alkyl halides is 1. The minimum atomic E-state index is 0.525. The molecule has 2 nitrogen and oxygen atoms in total. The van der Waals surface area contributed by atoms with Crippen molar-refractivity contribution < 1.29 is 9.47 Å². The van der Waals surface area contributed by atoms with E-state index in [4.69, 9.17) is 9.47 Å². The monoisotopic (exact) mass is 350 g/mol. The Balaban J connectivity index is 2.72. The third kappa shape index (κ3) is 3.67. The molecule has 0 N–H and O–H groups in total. The molecule has 0 fully saturated rings. The Morgan fingerprint density at radius 3 is 2.69 bits per heavy atom. The first-order valence-corrected chi connectivity index (χ1v) is 7.15. The van der Waals surface area contributed by atoms with E-state index >= 15 is 0 Å². The summed E-state index contributed by atoms with van der Waals surface area (Å²) in [4.78, 5) is 0. The Morgan fingerprint density at radius 2 is 2.12 bits per heavy atom. The Hall–Kier alpha value is -0.220.